The number of nitrogens with zero attached hydrogens (tertiary/aromatic N) is 1. The van der Waals surface area contributed by atoms with Gasteiger partial charge in [0.2, 0.25) is 0 Å². The van der Waals surface area contributed by atoms with Crippen LogP contribution in [0.3, 0.4) is 0 Å². The molecule has 0 amide bonds. The molecule has 2 rings (SSSR count). The van der Waals surface area contributed by atoms with Crippen LogP contribution in [0, 0.1) is 12.8 Å². The molecule has 1 fully saturated rings. The van der Waals surface area contributed by atoms with Crippen LogP contribution in [0.2, 0.25) is 0 Å². The summed E-state index contributed by atoms with van der Waals surface area (Å²) in [6.45, 7) is 8.78. The molecule has 0 saturated carbocycles. The van der Waals surface area contributed by atoms with Gasteiger partial charge in [-0.15, -0.1) is 0 Å². The van der Waals surface area contributed by atoms with Crippen LogP contribution in [-0.4, -0.2) is 19.1 Å². The molecule has 2 atom stereocenters. The van der Waals surface area contributed by atoms with Crippen molar-refractivity contribution in [3.63, 3.8) is 0 Å². The zero-order valence-corrected chi connectivity index (χ0v) is 11.2. The number of aryl methyl sites for hydroxylation is 1. The third kappa shape index (κ3) is 2.63. The fourth-order valence-electron chi connectivity index (χ4n) is 2.95. The van der Waals surface area contributed by atoms with Gasteiger partial charge in [0.25, 0.3) is 0 Å². The lowest BCUT2D eigenvalue weighted by Gasteiger charge is -2.25. The minimum absolute atomic E-state index is 0.671. The lowest BCUT2D eigenvalue weighted by molar-refractivity contribution is 0.625. The molecule has 0 aliphatic carbocycles. The van der Waals surface area contributed by atoms with Crippen LogP contribution in [0.1, 0.15) is 31.4 Å². The van der Waals surface area contributed by atoms with Crippen molar-refractivity contribution >= 4 is 5.69 Å². The summed E-state index contributed by atoms with van der Waals surface area (Å²) >= 11 is 0. The number of hydrogen-bond donors (Lipinski definition) is 1. The fraction of sp³-hybridized carbons (Fsp3) is 0.600. The van der Waals surface area contributed by atoms with Gasteiger partial charge in [-0.05, 0) is 62.4 Å². The van der Waals surface area contributed by atoms with Gasteiger partial charge in [-0.2, -0.15) is 0 Å². The molecule has 0 radical (unpaired) electrons. The van der Waals surface area contributed by atoms with Crippen molar-refractivity contribution in [1.29, 1.82) is 0 Å². The summed E-state index contributed by atoms with van der Waals surface area (Å²) in [7, 11) is 0. The minimum Gasteiger partial charge on any atom is -0.369 e. The second kappa shape index (κ2) is 5.09. The second-order valence-electron chi connectivity index (χ2n) is 5.49. The van der Waals surface area contributed by atoms with Crippen molar-refractivity contribution in [2.75, 3.05) is 18.0 Å². The van der Waals surface area contributed by atoms with E-state index in [1.54, 1.807) is 0 Å². The van der Waals surface area contributed by atoms with Crippen LogP contribution >= 0.6 is 0 Å². The van der Waals surface area contributed by atoms with E-state index in [1.807, 2.05) is 0 Å². The lowest BCUT2D eigenvalue weighted by Crippen LogP contribution is -2.26. The van der Waals surface area contributed by atoms with E-state index >= 15 is 0 Å². The zero-order chi connectivity index (χ0) is 12.4. The Morgan fingerprint density at radius 3 is 2.65 bits per heavy atom. The Labute approximate surface area is 105 Å². The quantitative estimate of drug-likeness (QED) is 0.868. The Morgan fingerprint density at radius 2 is 2.12 bits per heavy atom. The molecule has 2 unspecified atom stereocenters. The van der Waals surface area contributed by atoms with Crippen molar-refractivity contribution in [3.05, 3.63) is 29.3 Å². The van der Waals surface area contributed by atoms with Gasteiger partial charge < -0.3 is 10.6 Å². The molecule has 0 spiro atoms. The summed E-state index contributed by atoms with van der Waals surface area (Å²) in [5.74, 6) is 0.814. The summed E-state index contributed by atoms with van der Waals surface area (Å²) in [6.07, 6.45) is 2.29. The Hall–Kier alpha value is -1.02. The van der Waals surface area contributed by atoms with E-state index in [9.17, 15) is 0 Å². The van der Waals surface area contributed by atoms with Gasteiger partial charge >= 0.3 is 0 Å². The first-order valence-corrected chi connectivity index (χ1v) is 6.68. The number of rotatable bonds is 3. The highest BCUT2D eigenvalue weighted by Gasteiger charge is 2.26. The summed E-state index contributed by atoms with van der Waals surface area (Å²) in [6, 6.07) is 7.49. The van der Waals surface area contributed by atoms with E-state index in [2.05, 4.69) is 43.9 Å². The van der Waals surface area contributed by atoms with Crippen molar-refractivity contribution < 1.29 is 0 Å². The van der Waals surface area contributed by atoms with Gasteiger partial charge in [0.05, 0.1) is 0 Å². The largest absolute Gasteiger partial charge is 0.369 e. The molecule has 1 aromatic rings. The lowest BCUT2D eigenvalue weighted by atomic mass is 10.0. The standard InChI is InChI=1S/C15H24N2/c1-11-8-13(3)17(10-11)15-5-4-14(6-7-16)12(2)9-15/h4-5,9,11,13H,6-8,10,16H2,1-3H3. The van der Waals surface area contributed by atoms with Crippen LogP contribution in [0.15, 0.2) is 18.2 Å². The maximum absolute atomic E-state index is 5.62. The van der Waals surface area contributed by atoms with E-state index in [1.165, 1.54) is 29.8 Å². The second-order valence-corrected chi connectivity index (χ2v) is 5.49. The van der Waals surface area contributed by atoms with Crippen LogP contribution in [0.4, 0.5) is 5.69 Å². The molecule has 1 aliphatic heterocycles. The molecular weight excluding hydrogens is 208 g/mol. The summed E-state index contributed by atoms with van der Waals surface area (Å²) in [5, 5.41) is 0. The van der Waals surface area contributed by atoms with Gasteiger partial charge in [-0.25, -0.2) is 0 Å². The fourth-order valence-corrected chi connectivity index (χ4v) is 2.95. The molecule has 1 aromatic carbocycles. The predicted molar refractivity (Wildman–Crippen MR) is 74.5 cm³/mol. The summed E-state index contributed by atoms with van der Waals surface area (Å²) in [4.78, 5) is 2.53. The smallest absolute Gasteiger partial charge is 0.0371 e. The molecule has 1 saturated heterocycles. The molecule has 2 heteroatoms. The van der Waals surface area contributed by atoms with Gasteiger partial charge in [-0.3, -0.25) is 0 Å². The highest BCUT2D eigenvalue weighted by Crippen LogP contribution is 2.29. The molecule has 0 bridgehead atoms. The van der Waals surface area contributed by atoms with Crippen LogP contribution in [-0.2, 0) is 6.42 Å². The van der Waals surface area contributed by atoms with Gasteiger partial charge in [0.15, 0.2) is 0 Å². The van der Waals surface area contributed by atoms with Gasteiger partial charge in [0, 0.05) is 18.3 Å². The number of hydrogen-bond acceptors (Lipinski definition) is 2. The molecule has 1 heterocycles. The monoisotopic (exact) mass is 232 g/mol. The molecule has 1 aliphatic rings. The molecule has 2 nitrogen and oxygen atoms in total. The van der Waals surface area contributed by atoms with E-state index in [-0.39, 0.29) is 0 Å². The van der Waals surface area contributed by atoms with E-state index < -0.39 is 0 Å². The van der Waals surface area contributed by atoms with Crippen molar-refractivity contribution in [1.82, 2.24) is 0 Å². The zero-order valence-electron chi connectivity index (χ0n) is 11.2. The Balaban J connectivity index is 2.20. The predicted octanol–water partition coefficient (Wildman–Crippen LogP) is 2.73. The number of anilines is 1. The SMILES string of the molecule is Cc1cc(N2CC(C)CC2C)ccc1CCN. The molecule has 17 heavy (non-hydrogen) atoms. The first kappa shape index (κ1) is 12.4. The number of nitrogens with two attached hydrogens (primary N) is 1. The maximum Gasteiger partial charge on any atom is 0.0371 e. The van der Waals surface area contributed by atoms with E-state index in [0.717, 1.165) is 18.9 Å². The van der Waals surface area contributed by atoms with E-state index in [0.29, 0.717) is 6.04 Å². The van der Waals surface area contributed by atoms with E-state index in [4.69, 9.17) is 5.73 Å². The highest BCUT2D eigenvalue weighted by atomic mass is 15.2. The first-order valence-electron chi connectivity index (χ1n) is 6.68. The van der Waals surface area contributed by atoms with Crippen molar-refractivity contribution in [2.24, 2.45) is 11.7 Å². The Bertz CT molecular complexity index is 387. The van der Waals surface area contributed by atoms with Gasteiger partial charge in [-0.1, -0.05) is 13.0 Å². The summed E-state index contributed by atoms with van der Waals surface area (Å²) in [5.41, 5.74) is 9.75. The average molecular weight is 232 g/mol. The topological polar surface area (TPSA) is 29.3 Å². The average Bonchev–Trinajstić information content (AvgIpc) is 2.61. The van der Waals surface area contributed by atoms with Crippen LogP contribution in [0.25, 0.3) is 0 Å². The first-order chi connectivity index (χ1) is 8.11. The molecule has 94 valence electrons. The molecule has 2 N–H and O–H groups in total. The third-order valence-corrected chi connectivity index (χ3v) is 3.86. The maximum atomic E-state index is 5.62. The van der Waals surface area contributed by atoms with Crippen molar-refractivity contribution in [3.8, 4) is 0 Å². The summed E-state index contributed by atoms with van der Waals surface area (Å²) < 4.78 is 0. The highest BCUT2D eigenvalue weighted by molar-refractivity contribution is 5.52. The normalized spacial score (nSPS) is 24.4. The Morgan fingerprint density at radius 1 is 1.35 bits per heavy atom. The van der Waals surface area contributed by atoms with Crippen molar-refractivity contribution in [2.45, 2.75) is 39.7 Å². The minimum atomic E-state index is 0.671. The molecular formula is C15H24N2. The number of benzene rings is 1. The Kier molecular flexibility index (Phi) is 3.72. The third-order valence-electron chi connectivity index (χ3n) is 3.86. The van der Waals surface area contributed by atoms with Crippen LogP contribution < -0.4 is 10.6 Å². The van der Waals surface area contributed by atoms with Gasteiger partial charge in [0.1, 0.15) is 0 Å². The van der Waals surface area contributed by atoms with Crippen LogP contribution in [0.5, 0.6) is 0 Å². The molecule has 0 aromatic heterocycles.